The molecule has 1 aromatic carbocycles. The van der Waals surface area contributed by atoms with Gasteiger partial charge in [-0.25, -0.2) is 4.39 Å². The highest BCUT2D eigenvalue weighted by molar-refractivity contribution is 6.31. The summed E-state index contributed by atoms with van der Waals surface area (Å²) in [6.45, 7) is 3.27. The average molecular weight is 250 g/mol. The standard InChI is InChI=1S/C11H14Cl2FN/c1-8(12)6-15(2)7-9-5-10(14)3-4-11(9)13/h3-5,8H,6-7H2,1-2H3. The second-order valence-corrected chi connectivity index (χ2v) is 4.87. The molecule has 0 fully saturated rings. The van der Waals surface area contributed by atoms with Crippen LogP contribution >= 0.6 is 23.2 Å². The van der Waals surface area contributed by atoms with Crippen LogP contribution in [0.4, 0.5) is 4.39 Å². The maximum atomic E-state index is 13.0. The van der Waals surface area contributed by atoms with Crippen LogP contribution in [0.25, 0.3) is 0 Å². The van der Waals surface area contributed by atoms with Crippen molar-refractivity contribution < 1.29 is 4.39 Å². The molecule has 0 radical (unpaired) electrons. The minimum atomic E-state index is -0.262. The summed E-state index contributed by atoms with van der Waals surface area (Å²) >= 11 is 11.8. The van der Waals surface area contributed by atoms with Gasteiger partial charge in [0.1, 0.15) is 5.82 Å². The van der Waals surface area contributed by atoms with Crippen LogP contribution in [-0.2, 0) is 6.54 Å². The molecule has 0 bridgehead atoms. The Morgan fingerprint density at radius 3 is 2.73 bits per heavy atom. The Labute approximate surface area is 99.8 Å². The lowest BCUT2D eigenvalue weighted by atomic mass is 10.2. The Morgan fingerprint density at radius 1 is 1.47 bits per heavy atom. The number of alkyl halides is 1. The Morgan fingerprint density at radius 2 is 2.13 bits per heavy atom. The summed E-state index contributed by atoms with van der Waals surface area (Å²) < 4.78 is 13.0. The molecule has 1 nitrogen and oxygen atoms in total. The molecule has 0 aliphatic rings. The van der Waals surface area contributed by atoms with Crippen molar-refractivity contribution in [3.05, 3.63) is 34.6 Å². The quantitative estimate of drug-likeness (QED) is 0.739. The van der Waals surface area contributed by atoms with E-state index in [0.29, 0.717) is 11.6 Å². The zero-order valence-electron chi connectivity index (χ0n) is 8.80. The normalized spacial score (nSPS) is 13.2. The first-order valence-electron chi connectivity index (χ1n) is 4.75. The van der Waals surface area contributed by atoms with E-state index in [1.807, 2.05) is 18.9 Å². The minimum Gasteiger partial charge on any atom is -0.301 e. The molecule has 0 heterocycles. The molecule has 0 saturated heterocycles. The van der Waals surface area contributed by atoms with E-state index in [9.17, 15) is 4.39 Å². The van der Waals surface area contributed by atoms with Crippen molar-refractivity contribution in [2.75, 3.05) is 13.6 Å². The van der Waals surface area contributed by atoms with Crippen LogP contribution in [0.3, 0.4) is 0 Å². The Hall–Kier alpha value is -0.310. The highest BCUT2D eigenvalue weighted by Gasteiger charge is 2.07. The highest BCUT2D eigenvalue weighted by Crippen LogP contribution is 2.18. The molecule has 0 amide bonds. The predicted octanol–water partition coefficient (Wildman–Crippen LogP) is 3.54. The molecule has 1 unspecified atom stereocenters. The lowest BCUT2D eigenvalue weighted by Crippen LogP contribution is -2.24. The number of rotatable bonds is 4. The summed E-state index contributed by atoms with van der Waals surface area (Å²) in [5, 5.41) is 0.660. The Bertz CT molecular complexity index is 328. The average Bonchev–Trinajstić information content (AvgIpc) is 2.10. The fraction of sp³-hybridized carbons (Fsp3) is 0.455. The summed E-state index contributed by atoms with van der Waals surface area (Å²) in [4.78, 5) is 2.01. The van der Waals surface area contributed by atoms with Crippen LogP contribution in [0, 0.1) is 5.82 Å². The van der Waals surface area contributed by atoms with Gasteiger partial charge >= 0.3 is 0 Å². The number of hydrogen-bond acceptors (Lipinski definition) is 1. The second kappa shape index (κ2) is 5.69. The summed E-state index contributed by atoms with van der Waals surface area (Å²) in [6, 6.07) is 4.39. The molecule has 4 heteroatoms. The molecule has 1 aromatic rings. The van der Waals surface area contributed by atoms with Gasteiger partial charge in [0.2, 0.25) is 0 Å². The summed E-state index contributed by atoms with van der Waals surface area (Å²) in [7, 11) is 1.93. The third-order valence-corrected chi connectivity index (χ3v) is 2.52. The van der Waals surface area contributed by atoms with Gasteiger partial charge < -0.3 is 4.90 Å². The number of nitrogens with zero attached hydrogens (tertiary/aromatic N) is 1. The molecule has 1 rings (SSSR count). The first-order chi connectivity index (χ1) is 6.99. The van der Waals surface area contributed by atoms with Crippen LogP contribution in [-0.4, -0.2) is 23.9 Å². The van der Waals surface area contributed by atoms with Gasteiger partial charge in [-0.3, -0.25) is 0 Å². The molecular weight excluding hydrogens is 236 g/mol. The van der Waals surface area contributed by atoms with Crippen LogP contribution in [0.2, 0.25) is 5.02 Å². The SMILES string of the molecule is CC(Cl)CN(C)Cc1cc(F)ccc1Cl. The van der Waals surface area contributed by atoms with Gasteiger partial charge in [0.05, 0.1) is 0 Å². The van der Waals surface area contributed by atoms with E-state index in [4.69, 9.17) is 23.2 Å². The maximum Gasteiger partial charge on any atom is 0.123 e. The van der Waals surface area contributed by atoms with E-state index in [2.05, 4.69) is 0 Å². The van der Waals surface area contributed by atoms with Crippen molar-refractivity contribution in [3.63, 3.8) is 0 Å². The van der Waals surface area contributed by atoms with E-state index in [0.717, 1.165) is 12.1 Å². The minimum absolute atomic E-state index is 0.0716. The van der Waals surface area contributed by atoms with E-state index in [1.165, 1.54) is 12.1 Å². The third-order valence-electron chi connectivity index (χ3n) is 2.01. The first kappa shape index (κ1) is 12.8. The smallest absolute Gasteiger partial charge is 0.123 e. The van der Waals surface area contributed by atoms with Crippen molar-refractivity contribution in [1.82, 2.24) is 4.90 Å². The van der Waals surface area contributed by atoms with Gasteiger partial charge in [-0.05, 0) is 37.7 Å². The predicted molar refractivity (Wildman–Crippen MR) is 63.1 cm³/mol. The molecule has 0 aromatic heterocycles. The molecule has 0 aliphatic carbocycles. The van der Waals surface area contributed by atoms with E-state index >= 15 is 0 Å². The van der Waals surface area contributed by atoms with Gasteiger partial charge in [0, 0.05) is 23.5 Å². The monoisotopic (exact) mass is 249 g/mol. The van der Waals surface area contributed by atoms with Crippen molar-refractivity contribution in [2.45, 2.75) is 18.8 Å². The van der Waals surface area contributed by atoms with Crippen LogP contribution in [0.15, 0.2) is 18.2 Å². The van der Waals surface area contributed by atoms with Crippen molar-refractivity contribution in [1.29, 1.82) is 0 Å². The van der Waals surface area contributed by atoms with Gasteiger partial charge in [-0.15, -0.1) is 11.6 Å². The molecule has 0 N–H and O–H groups in total. The Balaban J connectivity index is 2.67. The number of hydrogen-bond donors (Lipinski definition) is 0. The van der Waals surface area contributed by atoms with Crippen molar-refractivity contribution in [2.24, 2.45) is 0 Å². The summed E-state index contributed by atoms with van der Waals surface area (Å²) in [5.74, 6) is -0.262. The highest BCUT2D eigenvalue weighted by atomic mass is 35.5. The van der Waals surface area contributed by atoms with Crippen molar-refractivity contribution >= 4 is 23.2 Å². The zero-order chi connectivity index (χ0) is 11.4. The van der Waals surface area contributed by atoms with E-state index < -0.39 is 0 Å². The largest absolute Gasteiger partial charge is 0.301 e. The molecule has 1 atom stereocenters. The van der Waals surface area contributed by atoms with Gasteiger partial charge in [-0.2, -0.15) is 0 Å². The first-order valence-corrected chi connectivity index (χ1v) is 5.57. The van der Waals surface area contributed by atoms with E-state index in [-0.39, 0.29) is 11.2 Å². The lowest BCUT2D eigenvalue weighted by molar-refractivity contribution is 0.329. The van der Waals surface area contributed by atoms with Crippen LogP contribution in [0.1, 0.15) is 12.5 Å². The fourth-order valence-electron chi connectivity index (χ4n) is 1.45. The molecular formula is C11H14Cl2FN. The second-order valence-electron chi connectivity index (χ2n) is 3.71. The zero-order valence-corrected chi connectivity index (χ0v) is 10.3. The summed E-state index contributed by atoms with van der Waals surface area (Å²) in [5.41, 5.74) is 0.788. The van der Waals surface area contributed by atoms with Gasteiger partial charge in [-0.1, -0.05) is 11.6 Å². The Kier molecular flexibility index (Phi) is 4.84. The molecule has 0 spiro atoms. The number of benzene rings is 1. The van der Waals surface area contributed by atoms with Gasteiger partial charge in [0.25, 0.3) is 0 Å². The molecule has 84 valence electrons. The molecule has 0 aliphatic heterocycles. The topological polar surface area (TPSA) is 3.24 Å². The lowest BCUT2D eigenvalue weighted by Gasteiger charge is -2.18. The summed E-state index contributed by atoms with van der Waals surface area (Å²) in [6.07, 6.45) is 0. The van der Waals surface area contributed by atoms with Crippen LogP contribution < -0.4 is 0 Å². The molecule has 0 saturated carbocycles. The molecule has 15 heavy (non-hydrogen) atoms. The van der Waals surface area contributed by atoms with Crippen LogP contribution in [0.5, 0.6) is 0 Å². The fourth-order valence-corrected chi connectivity index (χ4v) is 1.86. The van der Waals surface area contributed by atoms with Gasteiger partial charge in [0.15, 0.2) is 0 Å². The maximum absolute atomic E-state index is 13.0. The van der Waals surface area contributed by atoms with E-state index in [1.54, 1.807) is 6.07 Å². The van der Waals surface area contributed by atoms with Crippen molar-refractivity contribution in [3.8, 4) is 0 Å². The number of halogens is 3. The third kappa shape index (κ3) is 4.37.